The van der Waals surface area contributed by atoms with Crippen molar-refractivity contribution < 1.29 is 5.11 Å². The van der Waals surface area contributed by atoms with Crippen molar-refractivity contribution >= 4 is 11.8 Å². The number of thioether (sulfide) groups is 1. The maximum absolute atomic E-state index is 8.80. The quantitative estimate of drug-likeness (QED) is 0.558. The van der Waals surface area contributed by atoms with Gasteiger partial charge in [0.25, 0.3) is 0 Å². The summed E-state index contributed by atoms with van der Waals surface area (Å²) in [6, 6.07) is 0. The average Bonchev–Trinajstić information content (AvgIpc) is 1.80. The SMILES string of the molecule is CC(O)CSCCCN. The van der Waals surface area contributed by atoms with E-state index in [0.29, 0.717) is 0 Å². The molecule has 0 aliphatic rings. The fourth-order valence-corrected chi connectivity index (χ4v) is 1.32. The maximum atomic E-state index is 8.80. The fourth-order valence-electron chi connectivity index (χ4n) is 0.439. The van der Waals surface area contributed by atoms with Gasteiger partial charge in [-0.05, 0) is 25.6 Å². The molecular weight excluding hydrogens is 134 g/mol. The Morgan fingerprint density at radius 3 is 2.78 bits per heavy atom. The second-order valence-corrected chi connectivity index (χ2v) is 3.22. The van der Waals surface area contributed by atoms with Crippen molar-refractivity contribution in [3.8, 4) is 0 Å². The molecular formula is C6H15NOS. The molecule has 9 heavy (non-hydrogen) atoms. The molecule has 0 rings (SSSR count). The van der Waals surface area contributed by atoms with E-state index >= 15 is 0 Å². The summed E-state index contributed by atoms with van der Waals surface area (Å²) < 4.78 is 0. The van der Waals surface area contributed by atoms with Gasteiger partial charge in [-0.2, -0.15) is 11.8 Å². The van der Waals surface area contributed by atoms with Gasteiger partial charge in [0.1, 0.15) is 0 Å². The Labute approximate surface area is 60.8 Å². The Bertz CT molecular complexity index is 59.0. The second-order valence-electron chi connectivity index (χ2n) is 2.07. The summed E-state index contributed by atoms with van der Waals surface area (Å²) in [6.45, 7) is 2.56. The Hall–Kier alpha value is 0.270. The van der Waals surface area contributed by atoms with E-state index < -0.39 is 0 Å². The lowest BCUT2D eigenvalue weighted by molar-refractivity contribution is 0.220. The molecule has 0 aliphatic heterocycles. The summed E-state index contributed by atoms with van der Waals surface area (Å²) in [5.74, 6) is 1.90. The molecule has 0 bridgehead atoms. The van der Waals surface area contributed by atoms with E-state index in [4.69, 9.17) is 10.8 Å². The molecule has 1 unspecified atom stereocenters. The summed E-state index contributed by atoms with van der Waals surface area (Å²) >= 11 is 1.76. The minimum Gasteiger partial charge on any atom is -0.393 e. The van der Waals surface area contributed by atoms with Gasteiger partial charge in [0.2, 0.25) is 0 Å². The molecule has 1 atom stereocenters. The van der Waals surface area contributed by atoms with Crippen LogP contribution in [0.15, 0.2) is 0 Å². The zero-order valence-electron chi connectivity index (χ0n) is 5.84. The van der Waals surface area contributed by atoms with Crippen LogP contribution in [0.5, 0.6) is 0 Å². The Morgan fingerprint density at radius 1 is 1.67 bits per heavy atom. The third-order valence-electron chi connectivity index (χ3n) is 0.852. The minimum atomic E-state index is -0.173. The van der Waals surface area contributed by atoms with Crippen LogP contribution in [-0.4, -0.2) is 29.3 Å². The zero-order chi connectivity index (χ0) is 7.11. The van der Waals surface area contributed by atoms with Crippen LogP contribution >= 0.6 is 11.8 Å². The zero-order valence-corrected chi connectivity index (χ0v) is 6.66. The smallest absolute Gasteiger partial charge is 0.0602 e. The van der Waals surface area contributed by atoms with Gasteiger partial charge in [0.05, 0.1) is 6.10 Å². The number of aliphatic hydroxyl groups excluding tert-OH is 1. The Morgan fingerprint density at radius 2 is 2.33 bits per heavy atom. The van der Waals surface area contributed by atoms with E-state index in [1.54, 1.807) is 18.7 Å². The van der Waals surface area contributed by atoms with E-state index in [-0.39, 0.29) is 6.10 Å². The van der Waals surface area contributed by atoms with Gasteiger partial charge < -0.3 is 10.8 Å². The second kappa shape index (κ2) is 6.39. The highest BCUT2D eigenvalue weighted by atomic mass is 32.2. The molecule has 0 aliphatic carbocycles. The van der Waals surface area contributed by atoms with Crippen molar-refractivity contribution in [3.63, 3.8) is 0 Å². The molecule has 56 valence electrons. The third-order valence-corrected chi connectivity index (χ3v) is 2.15. The highest BCUT2D eigenvalue weighted by Gasteiger charge is 1.93. The minimum absolute atomic E-state index is 0.173. The van der Waals surface area contributed by atoms with Crippen LogP contribution in [0.2, 0.25) is 0 Å². The fraction of sp³-hybridized carbons (Fsp3) is 1.00. The Kier molecular flexibility index (Phi) is 6.58. The van der Waals surface area contributed by atoms with Gasteiger partial charge in [0.15, 0.2) is 0 Å². The molecule has 0 fully saturated rings. The first kappa shape index (κ1) is 9.27. The predicted molar refractivity (Wildman–Crippen MR) is 42.7 cm³/mol. The van der Waals surface area contributed by atoms with Crippen LogP contribution in [0.25, 0.3) is 0 Å². The van der Waals surface area contributed by atoms with Crippen molar-refractivity contribution in [2.75, 3.05) is 18.1 Å². The normalized spacial score (nSPS) is 13.7. The van der Waals surface area contributed by atoms with Crippen molar-refractivity contribution in [1.29, 1.82) is 0 Å². The van der Waals surface area contributed by atoms with Crippen LogP contribution in [-0.2, 0) is 0 Å². The first-order valence-electron chi connectivity index (χ1n) is 3.23. The van der Waals surface area contributed by atoms with Crippen molar-refractivity contribution in [2.24, 2.45) is 5.73 Å². The van der Waals surface area contributed by atoms with Crippen LogP contribution in [0, 0.1) is 0 Å². The molecule has 0 saturated carbocycles. The molecule has 0 aromatic carbocycles. The summed E-state index contributed by atoms with van der Waals surface area (Å²) in [6.07, 6.45) is 0.880. The van der Waals surface area contributed by atoms with Crippen LogP contribution in [0.4, 0.5) is 0 Å². The van der Waals surface area contributed by atoms with Crippen LogP contribution in [0.1, 0.15) is 13.3 Å². The largest absolute Gasteiger partial charge is 0.393 e. The monoisotopic (exact) mass is 149 g/mol. The maximum Gasteiger partial charge on any atom is 0.0602 e. The number of rotatable bonds is 5. The summed E-state index contributed by atoms with van der Waals surface area (Å²) in [4.78, 5) is 0. The van der Waals surface area contributed by atoms with Crippen LogP contribution in [0.3, 0.4) is 0 Å². The van der Waals surface area contributed by atoms with Gasteiger partial charge in [0, 0.05) is 5.75 Å². The molecule has 0 heterocycles. The molecule has 0 spiro atoms. The van der Waals surface area contributed by atoms with E-state index in [1.165, 1.54) is 0 Å². The first-order valence-corrected chi connectivity index (χ1v) is 4.38. The summed E-state index contributed by atoms with van der Waals surface area (Å²) in [5, 5.41) is 8.80. The van der Waals surface area contributed by atoms with Crippen molar-refractivity contribution in [1.82, 2.24) is 0 Å². The molecule has 0 aromatic rings. The van der Waals surface area contributed by atoms with Crippen molar-refractivity contribution in [3.05, 3.63) is 0 Å². The average molecular weight is 149 g/mol. The lowest BCUT2D eigenvalue weighted by Crippen LogP contribution is -2.05. The van der Waals surface area contributed by atoms with E-state index in [9.17, 15) is 0 Å². The molecule has 3 N–H and O–H groups in total. The van der Waals surface area contributed by atoms with Crippen molar-refractivity contribution in [2.45, 2.75) is 19.4 Å². The van der Waals surface area contributed by atoms with Gasteiger partial charge >= 0.3 is 0 Å². The molecule has 0 aromatic heterocycles. The van der Waals surface area contributed by atoms with Gasteiger partial charge in [-0.25, -0.2) is 0 Å². The highest BCUT2D eigenvalue weighted by Crippen LogP contribution is 2.02. The van der Waals surface area contributed by atoms with Gasteiger partial charge in [-0.15, -0.1) is 0 Å². The molecule has 3 heteroatoms. The van der Waals surface area contributed by atoms with Gasteiger partial charge in [-0.3, -0.25) is 0 Å². The van der Waals surface area contributed by atoms with Crippen LogP contribution < -0.4 is 5.73 Å². The number of hydrogen-bond donors (Lipinski definition) is 2. The lowest BCUT2D eigenvalue weighted by Gasteiger charge is -2.01. The first-order chi connectivity index (χ1) is 4.27. The number of hydrogen-bond acceptors (Lipinski definition) is 3. The standard InChI is InChI=1S/C6H15NOS/c1-6(8)5-9-4-2-3-7/h6,8H,2-5,7H2,1H3. The Balaban J connectivity index is 2.75. The highest BCUT2D eigenvalue weighted by molar-refractivity contribution is 7.99. The molecule has 0 amide bonds. The molecule has 0 radical (unpaired) electrons. The number of nitrogens with two attached hydrogens (primary N) is 1. The van der Waals surface area contributed by atoms with E-state index in [2.05, 4.69) is 0 Å². The number of aliphatic hydroxyl groups is 1. The van der Waals surface area contributed by atoms with E-state index in [1.807, 2.05) is 0 Å². The predicted octanol–water partition coefficient (Wildman–Crippen LogP) is 0.449. The molecule has 2 nitrogen and oxygen atoms in total. The molecule has 0 saturated heterocycles. The lowest BCUT2D eigenvalue weighted by atomic mass is 10.5. The van der Waals surface area contributed by atoms with E-state index in [0.717, 1.165) is 24.5 Å². The van der Waals surface area contributed by atoms with Gasteiger partial charge in [-0.1, -0.05) is 0 Å². The summed E-state index contributed by atoms with van der Waals surface area (Å²) in [7, 11) is 0. The summed E-state index contributed by atoms with van der Waals surface area (Å²) in [5.41, 5.74) is 5.27. The third kappa shape index (κ3) is 8.27. The topological polar surface area (TPSA) is 46.2 Å².